The third kappa shape index (κ3) is 4.68. The van der Waals surface area contributed by atoms with E-state index in [0.29, 0.717) is 30.6 Å². The van der Waals surface area contributed by atoms with Gasteiger partial charge in [-0.2, -0.15) is 0 Å². The maximum Gasteiger partial charge on any atom is 0.259 e. The second-order valence-electron chi connectivity index (χ2n) is 7.30. The minimum atomic E-state index is -3.48. The van der Waals surface area contributed by atoms with E-state index in [1.165, 1.54) is 0 Å². The molecule has 0 radical (unpaired) electrons. The summed E-state index contributed by atoms with van der Waals surface area (Å²) >= 11 is 0. The zero-order valence-electron chi connectivity index (χ0n) is 16.5. The largest absolute Gasteiger partial charge is 0.308 e. The van der Waals surface area contributed by atoms with Gasteiger partial charge in [0.15, 0.2) is 0 Å². The van der Waals surface area contributed by atoms with Gasteiger partial charge < -0.3 is 4.90 Å². The predicted molar refractivity (Wildman–Crippen MR) is 118 cm³/mol. The van der Waals surface area contributed by atoms with Crippen LogP contribution in [0.5, 0.6) is 0 Å². The second-order valence-corrected chi connectivity index (χ2v) is 9.14. The molecule has 2 heterocycles. The number of nitrogens with zero attached hydrogens (tertiary/aromatic N) is 2. The fraction of sp³-hybridized carbons (Fsp3) is 0.217. The Labute approximate surface area is 176 Å². The van der Waals surface area contributed by atoms with Gasteiger partial charge in [-0.15, -0.1) is 0 Å². The van der Waals surface area contributed by atoms with E-state index in [4.69, 9.17) is 0 Å². The number of sulfonamides is 1. The van der Waals surface area contributed by atoms with Crippen molar-refractivity contribution in [2.75, 3.05) is 21.9 Å². The molecule has 1 amide bonds. The van der Waals surface area contributed by atoms with Gasteiger partial charge >= 0.3 is 0 Å². The quantitative estimate of drug-likeness (QED) is 0.631. The smallest absolute Gasteiger partial charge is 0.259 e. The van der Waals surface area contributed by atoms with E-state index < -0.39 is 10.0 Å². The lowest BCUT2D eigenvalue weighted by molar-refractivity contribution is 0.0989. The summed E-state index contributed by atoms with van der Waals surface area (Å²) in [6.45, 7) is 0.566. The number of pyridine rings is 1. The molecule has 0 fully saturated rings. The molecular formula is C23H23N3O3S. The first-order chi connectivity index (χ1) is 14.5. The molecule has 0 spiro atoms. The molecule has 2 aromatic carbocycles. The van der Waals surface area contributed by atoms with Crippen LogP contribution in [0, 0.1) is 0 Å². The summed E-state index contributed by atoms with van der Waals surface area (Å²) < 4.78 is 27.7. The Morgan fingerprint density at radius 3 is 2.67 bits per heavy atom. The predicted octanol–water partition coefficient (Wildman–Crippen LogP) is 3.66. The second kappa shape index (κ2) is 8.67. The minimum absolute atomic E-state index is 0.0390. The van der Waals surface area contributed by atoms with Crippen molar-refractivity contribution in [2.45, 2.75) is 19.3 Å². The molecule has 0 atom stereocenters. The summed E-state index contributed by atoms with van der Waals surface area (Å²) in [7, 11) is -3.48. The first kappa shape index (κ1) is 20.1. The van der Waals surface area contributed by atoms with E-state index in [1.54, 1.807) is 41.6 Å². The van der Waals surface area contributed by atoms with Gasteiger partial charge in [-0.3, -0.25) is 14.5 Å². The molecule has 0 saturated heterocycles. The van der Waals surface area contributed by atoms with Crippen molar-refractivity contribution in [3.05, 3.63) is 89.7 Å². The fourth-order valence-electron chi connectivity index (χ4n) is 3.64. The van der Waals surface area contributed by atoms with Gasteiger partial charge in [0.1, 0.15) is 0 Å². The molecule has 7 heteroatoms. The van der Waals surface area contributed by atoms with Gasteiger partial charge in [0.25, 0.3) is 5.91 Å². The van der Waals surface area contributed by atoms with Crippen molar-refractivity contribution >= 4 is 27.3 Å². The lowest BCUT2D eigenvalue weighted by atomic mass is 10.1. The molecule has 6 nitrogen and oxygen atoms in total. The number of anilines is 2. The number of rotatable bonds is 7. The molecule has 154 valence electrons. The van der Waals surface area contributed by atoms with Gasteiger partial charge in [-0.05, 0) is 54.7 Å². The first-order valence-electron chi connectivity index (χ1n) is 9.91. The van der Waals surface area contributed by atoms with E-state index in [0.717, 1.165) is 23.2 Å². The topological polar surface area (TPSA) is 79.4 Å². The first-order valence-corrected chi connectivity index (χ1v) is 11.6. The number of carbonyl (C=O) groups excluding carboxylic acids is 1. The van der Waals surface area contributed by atoms with Crippen LogP contribution in [-0.2, 0) is 22.9 Å². The number of hydrogen-bond donors (Lipinski definition) is 1. The van der Waals surface area contributed by atoms with Gasteiger partial charge in [-0.25, -0.2) is 8.42 Å². The Morgan fingerprint density at radius 1 is 1.07 bits per heavy atom. The maximum atomic E-state index is 12.8. The van der Waals surface area contributed by atoms with Crippen molar-refractivity contribution in [1.29, 1.82) is 0 Å². The molecule has 3 aromatic rings. The Morgan fingerprint density at radius 2 is 1.90 bits per heavy atom. The molecule has 1 aliphatic rings. The number of amides is 1. The number of fused-ring (bicyclic) bond motifs is 1. The number of hydrogen-bond acceptors (Lipinski definition) is 4. The van der Waals surface area contributed by atoms with Crippen LogP contribution in [0.1, 0.15) is 27.9 Å². The van der Waals surface area contributed by atoms with E-state index in [2.05, 4.69) is 9.71 Å². The SMILES string of the molecule is O=C(c1cccnc1)N1CCc2ccc(NS(=O)(=O)CCCc3ccccc3)cc21. The fourth-order valence-corrected chi connectivity index (χ4v) is 4.75. The van der Waals surface area contributed by atoms with Crippen molar-refractivity contribution < 1.29 is 13.2 Å². The number of aromatic nitrogens is 1. The summed E-state index contributed by atoms with van der Waals surface area (Å²) in [6, 6.07) is 18.7. The van der Waals surface area contributed by atoms with Crippen LogP contribution in [0.3, 0.4) is 0 Å². The monoisotopic (exact) mass is 421 g/mol. The number of aryl methyl sites for hydroxylation is 1. The molecule has 1 aromatic heterocycles. The Hall–Kier alpha value is -3.19. The molecule has 0 saturated carbocycles. The third-order valence-corrected chi connectivity index (χ3v) is 6.50. The molecule has 30 heavy (non-hydrogen) atoms. The Kier molecular flexibility index (Phi) is 5.81. The highest BCUT2D eigenvalue weighted by Gasteiger charge is 2.26. The highest BCUT2D eigenvalue weighted by molar-refractivity contribution is 7.92. The summed E-state index contributed by atoms with van der Waals surface area (Å²) in [6.07, 6.45) is 5.15. The van der Waals surface area contributed by atoms with Crippen LogP contribution in [0.25, 0.3) is 0 Å². The zero-order valence-corrected chi connectivity index (χ0v) is 17.3. The third-order valence-electron chi connectivity index (χ3n) is 5.13. The number of nitrogens with one attached hydrogen (secondary N) is 1. The summed E-state index contributed by atoms with van der Waals surface area (Å²) in [5.74, 6) is -0.0955. The Bertz CT molecular complexity index is 1130. The van der Waals surface area contributed by atoms with Crippen molar-refractivity contribution in [3.63, 3.8) is 0 Å². The van der Waals surface area contributed by atoms with Gasteiger partial charge in [-0.1, -0.05) is 36.4 Å². The lowest BCUT2D eigenvalue weighted by Gasteiger charge is -2.18. The van der Waals surface area contributed by atoms with Gasteiger partial charge in [0.2, 0.25) is 10.0 Å². The van der Waals surface area contributed by atoms with E-state index in [1.807, 2.05) is 36.4 Å². The number of benzene rings is 2. The lowest BCUT2D eigenvalue weighted by Crippen LogP contribution is -2.29. The maximum absolute atomic E-state index is 12.8. The van der Waals surface area contributed by atoms with Crippen molar-refractivity contribution in [1.82, 2.24) is 4.98 Å². The average Bonchev–Trinajstić information content (AvgIpc) is 3.17. The molecule has 1 aliphatic heterocycles. The van der Waals surface area contributed by atoms with Crippen molar-refractivity contribution in [3.8, 4) is 0 Å². The van der Waals surface area contributed by atoms with Crippen LogP contribution in [-0.4, -0.2) is 31.6 Å². The van der Waals surface area contributed by atoms with Crippen LogP contribution in [0.15, 0.2) is 73.1 Å². The highest BCUT2D eigenvalue weighted by atomic mass is 32.2. The van der Waals surface area contributed by atoms with E-state index in [-0.39, 0.29) is 11.7 Å². The standard InChI is InChI=1S/C23H23N3O3S/c27-23(20-9-4-13-24-17-20)26-14-12-19-10-11-21(16-22(19)26)25-30(28,29)15-5-8-18-6-2-1-3-7-18/h1-4,6-7,9-11,13,16-17,25H,5,8,12,14-15H2. The minimum Gasteiger partial charge on any atom is -0.308 e. The highest BCUT2D eigenvalue weighted by Crippen LogP contribution is 2.32. The zero-order chi connectivity index (χ0) is 21.0. The van der Waals surface area contributed by atoms with Gasteiger partial charge in [0, 0.05) is 24.6 Å². The molecule has 0 bridgehead atoms. The molecule has 1 N–H and O–H groups in total. The van der Waals surface area contributed by atoms with E-state index >= 15 is 0 Å². The average molecular weight is 422 g/mol. The molecular weight excluding hydrogens is 398 g/mol. The van der Waals surface area contributed by atoms with Gasteiger partial charge in [0.05, 0.1) is 17.0 Å². The van der Waals surface area contributed by atoms with Crippen molar-refractivity contribution in [2.24, 2.45) is 0 Å². The van der Waals surface area contributed by atoms with E-state index in [9.17, 15) is 13.2 Å². The summed E-state index contributed by atoms with van der Waals surface area (Å²) in [5.41, 5.74) is 3.87. The summed E-state index contributed by atoms with van der Waals surface area (Å²) in [5, 5.41) is 0. The Balaban J connectivity index is 1.44. The summed E-state index contributed by atoms with van der Waals surface area (Å²) in [4.78, 5) is 18.5. The van der Waals surface area contributed by atoms with Crippen LogP contribution in [0.2, 0.25) is 0 Å². The number of carbonyl (C=O) groups is 1. The van der Waals surface area contributed by atoms with Crippen LogP contribution < -0.4 is 9.62 Å². The molecule has 0 unspecified atom stereocenters. The normalized spacial score (nSPS) is 13.1. The molecule has 0 aliphatic carbocycles. The van der Waals surface area contributed by atoms with Crippen LogP contribution >= 0.6 is 0 Å². The molecule has 4 rings (SSSR count). The van der Waals surface area contributed by atoms with Crippen LogP contribution in [0.4, 0.5) is 11.4 Å².